The molecule has 1 aromatic heterocycles. The van der Waals surface area contributed by atoms with Crippen LogP contribution in [0.1, 0.15) is 30.4 Å². The van der Waals surface area contributed by atoms with Crippen molar-refractivity contribution in [3.8, 4) is 5.75 Å². The van der Waals surface area contributed by atoms with E-state index in [0.29, 0.717) is 30.5 Å². The van der Waals surface area contributed by atoms with Crippen LogP contribution in [0.5, 0.6) is 5.75 Å². The second-order valence-electron chi connectivity index (χ2n) is 7.93. The highest BCUT2D eigenvalue weighted by Crippen LogP contribution is 2.35. The summed E-state index contributed by atoms with van der Waals surface area (Å²) in [6.07, 6.45) is 0.697. The van der Waals surface area contributed by atoms with Crippen molar-refractivity contribution in [2.75, 3.05) is 28.7 Å². The van der Waals surface area contributed by atoms with Gasteiger partial charge in [-0.3, -0.25) is 19.4 Å². The number of aromatic nitrogens is 2. The van der Waals surface area contributed by atoms with Crippen molar-refractivity contribution in [3.05, 3.63) is 70.0 Å². The fourth-order valence-electron chi connectivity index (χ4n) is 4.30. The summed E-state index contributed by atoms with van der Waals surface area (Å²) in [6, 6.07) is 14.8. The fourth-order valence-corrected chi connectivity index (χ4v) is 4.30. The summed E-state index contributed by atoms with van der Waals surface area (Å²) in [6.45, 7) is 3.10. The molecule has 0 radical (unpaired) electrons. The molecule has 0 saturated carbocycles. The largest absolute Gasteiger partial charge is 0.494 e. The molecule has 0 bridgehead atoms. The van der Waals surface area contributed by atoms with Crippen molar-refractivity contribution < 1.29 is 14.3 Å². The molecule has 9 nitrogen and oxygen atoms in total. The van der Waals surface area contributed by atoms with Gasteiger partial charge in [0, 0.05) is 24.3 Å². The molecule has 3 N–H and O–H groups in total. The lowest BCUT2D eigenvalue weighted by molar-refractivity contribution is -0.123. The van der Waals surface area contributed by atoms with Crippen molar-refractivity contribution in [2.24, 2.45) is 0 Å². The molecule has 0 spiro atoms. The molecule has 3 aromatic rings. The number of nitrogens with one attached hydrogen (secondary N) is 3. The lowest BCUT2D eigenvalue weighted by atomic mass is 9.92. The third kappa shape index (κ3) is 3.93. The Morgan fingerprint density at radius 1 is 1.18 bits per heavy atom. The van der Waals surface area contributed by atoms with E-state index in [1.165, 1.54) is 0 Å². The molecule has 9 heteroatoms. The molecular formula is C24H23N5O4. The van der Waals surface area contributed by atoms with Crippen molar-refractivity contribution in [1.29, 1.82) is 0 Å². The minimum absolute atomic E-state index is 0.126. The van der Waals surface area contributed by atoms with Gasteiger partial charge in [0.05, 0.1) is 18.1 Å². The first kappa shape index (κ1) is 20.7. The Morgan fingerprint density at radius 2 is 1.97 bits per heavy atom. The van der Waals surface area contributed by atoms with Gasteiger partial charge in [-0.25, -0.2) is 0 Å². The Hall–Kier alpha value is -4.14. The average molecular weight is 445 g/mol. The Kier molecular flexibility index (Phi) is 5.29. The van der Waals surface area contributed by atoms with Gasteiger partial charge in [-0.05, 0) is 49.2 Å². The number of amides is 2. The minimum atomic E-state index is -0.948. The van der Waals surface area contributed by atoms with Gasteiger partial charge < -0.3 is 20.3 Å². The number of fused-ring (bicyclic) bond motifs is 2. The van der Waals surface area contributed by atoms with Gasteiger partial charge >= 0.3 is 0 Å². The van der Waals surface area contributed by atoms with Gasteiger partial charge in [0.15, 0.2) is 0 Å². The van der Waals surface area contributed by atoms with E-state index in [2.05, 4.69) is 20.6 Å². The van der Waals surface area contributed by atoms with Crippen LogP contribution in [0.3, 0.4) is 0 Å². The normalized spacial score (nSPS) is 16.6. The maximum Gasteiger partial charge on any atom is 0.258 e. The molecule has 0 aliphatic carbocycles. The van der Waals surface area contributed by atoms with Crippen molar-refractivity contribution >= 4 is 35.0 Å². The number of anilines is 4. The molecule has 2 aliphatic rings. The number of ether oxygens (including phenoxy) is 1. The van der Waals surface area contributed by atoms with Crippen LogP contribution in [0.2, 0.25) is 0 Å². The van der Waals surface area contributed by atoms with E-state index < -0.39 is 17.4 Å². The van der Waals surface area contributed by atoms with E-state index in [-0.39, 0.29) is 23.7 Å². The predicted octanol–water partition coefficient (Wildman–Crippen LogP) is 2.93. The van der Waals surface area contributed by atoms with Crippen LogP contribution >= 0.6 is 0 Å². The summed E-state index contributed by atoms with van der Waals surface area (Å²) < 4.78 is 5.41. The van der Waals surface area contributed by atoms with Crippen LogP contribution in [0.25, 0.3) is 0 Å². The highest BCUT2D eigenvalue weighted by atomic mass is 16.5. The first-order valence-corrected chi connectivity index (χ1v) is 10.9. The first-order valence-electron chi connectivity index (χ1n) is 10.9. The Morgan fingerprint density at radius 3 is 2.76 bits per heavy atom. The molecule has 1 atom stereocenters. The highest BCUT2D eigenvalue weighted by Gasteiger charge is 2.35. The number of rotatable bonds is 5. The maximum absolute atomic E-state index is 13.1. The van der Waals surface area contributed by atoms with E-state index in [1.54, 1.807) is 24.3 Å². The number of aromatic amines is 1. The summed E-state index contributed by atoms with van der Waals surface area (Å²) in [5.74, 6) is -0.592. The molecule has 0 saturated heterocycles. The van der Waals surface area contributed by atoms with Crippen molar-refractivity contribution in [1.82, 2.24) is 9.97 Å². The monoisotopic (exact) mass is 445 g/mol. The molecular weight excluding hydrogens is 422 g/mol. The Balaban J connectivity index is 1.44. The number of H-pyrrole nitrogens is 1. The number of nitrogens with zero attached hydrogens (tertiary/aromatic N) is 2. The van der Waals surface area contributed by atoms with Crippen molar-refractivity contribution in [3.63, 3.8) is 0 Å². The fraction of sp³-hybridized carbons (Fsp3) is 0.250. The predicted molar refractivity (Wildman–Crippen MR) is 124 cm³/mol. The van der Waals surface area contributed by atoms with E-state index >= 15 is 0 Å². The zero-order valence-corrected chi connectivity index (χ0v) is 18.1. The molecule has 5 rings (SSSR count). The van der Waals surface area contributed by atoms with Gasteiger partial charge in [-0.1, -0.05) is 18.2 Å². The zero-order valence-electron chi connectivity index (χ0n) is 18.1. The van der Waals surface area contributed by atoms with E-state index in [9.17, 15) is 14.4 Å². The molecule has 2 aliphatic heterocycles. The van der Waals surface area contributed by atoms with Crippen LogP contribution in [0, 0.1) is 0 Å². The number of hydrogen-bond donors (Lipinski definition) is 3. The van der Waals surface area contributed by atoms with Crippen molar-refractivity contribution in [2.45, 2.75) is 25.7 Å². The zero-order chi connectivity index (χ0) is 22.9. The summed E-state index contributed by atoms with van der Waals surface area (Å²) in [5, 5.41) is 5.45. The van der Waals surface area contributed by atoms with Crippen LogP contribution < -0.4 is 25.8 Å². The number of para-hydroxylation sites is 1. The molecule has 33 heavy (non-hydrogen) atoms. The molecule has 1 unspecified atom stereocenters. The van der Waals surface area contributed by atoms with Crippen LogP contribution in [0.4, 0.5) is 23.1 Å². The Bertz CT molecular complexity index is 1280. The number of carbonyl (C=O) groups is 2. The molecule has 168 valence electrons. The summed E-state index contributed by atoms with van der Waals surface area (Å²) in [4.78, 5) is 47.7. The summed E-state index contributed by atoms with van der Waals surface area (Å²) >= 11 is 0. The smallest absolute Gasteiger partial charge is 0.258 e. The third-order valence-corrected chi connectivity index (χ3v) is 5.83. The van der Waals surface area contributed by atoms with Crippen LogP contribution in [-0.4, -0.2) is 34.9 Å². The molecule has 3 heterocycles. The standard InChI is InChI=1S/C24H23N5O4/c1-2-33-16-9-7-15(8-10-16)25-22(31)17-13-19(30)26-21-20(17)23(32)28-24(27-21)29-12-11-14-5-3-4-6-18(14)29/h3-10,17H,2,11-13H2,1H3,(H,25,31)(H2,26,27,28,30,32). The lowest BCUT2D eigenvalue weighted by Crippen LogP contribution is -2.37. The summed E-state index contributed by atoms with van der Waals surface area (Å²) in [5.41, 5.74) is 2.40. The quantitative estimate of drug-likeness (QED) is 0.556. The van der Waals surface area contributed by atoms with Crippen LogP contribution in [-0.2, 0) is 16.0 Å². The first-order chi connectivity index (χ1) is 16.0. The number of benzene rings is 2. The molecule has 2 aromatic carbocycles. The molecule has 2 amide bonds. The second-order valence-corrected chi connectivity index (χ2v) is 7.93. The number of carbonyl (C=O) groups excluding carboxylic acids is 2. The number of hydrogen-bond acceptors (Lipinski definition) is 6. The SMILES string of the molecule is CCOc1ccc(NC(=O)C2CC(=O)Nc3nc(N4CCc5ccccc54)[nH]c(=O)c32)cc1. The third-order valence-electron chi connectivity index (χ3n) is 5.83. The highest BCUT2D eigenvalue weighted by molar-refractivity contribution is 6.04. The second kappa shape index (κ2) is 8.42. The van der Waals surface area contributed by atoms with Gasteiger partial charge in [0.2, 0.25) is 17.8 Å². The Labute approximate surface area is 189 Å². The summed E-state index contributed by atoms with van der Waals surface area (Å²) in [7, 11) is 0. The van der Waals surface area contributed by atoms with E-state index in [0.717, 1.165) is 17.7 Å². The average Bonchev–Trinajstić information content (AvgIpc) is 3.24. The molecule has 0 fully saturated rings. The van der Waals surface area contributed by atoms with Gasteiger partial charge in [-0.2, -0.15) is 4.98 Å². The maximum atomic E-state index is 13.1. The lowest BCUT2D eigenvalue weighted by Gasteiger charge is -2.25. The topological polar surface area (TPSA) is 116 Å². The van der Waals surface area contributed by atoms with Crippen LogP contribution in [0.15, 0.2) is 53.3 Å². The minimum Gasteiger partial charge on any atom is -0.494 e. The van der Waals surface area contributed by atoms with Gasteiger partial charge in [0.25, 0.3) is 5.56 Å². The van der Waals surface area contributed by atoms with Gasteiger partial charge in [0.1, 0.15) is 11.6 Å². The van der Waals surface area contributed by atoms with E-state index in [4.69, 9.17) is 4.74 Å². The van der Waals surface area contributed by atoms with Gasteiger partial charge in [-0.15, -0.1) is 0 Å². The van der Waals surface area contributed by atoms with E-state index in [1.807, 2.05) is 36.1 Å².